The van der Waals surface area contributed by atoms with E-state index in [0.29, 0.717) is 6.54 Å². The lowest BCUT2D eigenvalue weighted by atomic mass is 10.1. The summed E-state index contributed by atoms with van der Waals surface area (Å²) in [6, 6.07) is 3.41. The topological polar surface area (TPSA) is 115 Å². The van der Waals surface area contributed by atoms with Gasteiger partial charge in [-0.1, -0.05) is 6.92 Å². The van der Waals surface area contributed by atoms with Crippen LogP contribution in [0.1, 0.15) is 26.2 Å². The van der Waals surface area contributed by atoms with Gasteiger partial charge in [0.2, 0.25) is 10.0 Å². The van der Waals surface area contributed by atoms with Gasteiger partial charge in [-0.2, -0.15) is 0 Å². The summed E-state index contributed by atoms with van der Waals surface area (Å²) in [5.41, 5.74) is 5.37. The van der Waals surface area contributed by atoms with Crippen molar-refractivity contribution in [3.63, 3.8) is 0 Å². The van der Waals surface area contributed by atoms with Crippen LogP contribution in [0.2, 0.25) is 0 Å². The van der Waals surface area contributed by atoms with Gasteiger partial charge in [0.25, 0.3) is 5.69 Å². The zero-order chi connectivity index (χ0) is 15.0. The van der Waals surface area contributed by atoms with Gasteiger partial charge in [0.1, 0.15) is 4.90 Å². The summed E-state index contributed by atoms with van der Waals surface area (Å²) in [5, 5.41) is 10.7. The Bertz CT molecular complexity index is 638. The summed E-state index contributed by atoms with van der Waals surface area (Å²) in [6.45, 7) is 2.36. The quantitative estimate of drug-likeness (QED) is 0.470. The molecule has 0 spiro atoms. The Kier molecular flexibility index (Phi) is 3.70. The Morgan fingerprint density at radius 2 is 2.10 bits per heavy atom. The normalized spacial score (nSPS) is 16.9. The first-order valence-corrected chi connectivity index (χ1v) is 7.82. The monoisotopic (exact) mass is 299 g/mol. The number of rotatable bonds is 6. The van der Waals surface area contributed by atoms with Gasteiger partial charge in [0.15, 0.2) is 0 Å². The Morgan fingerprint density at radius 3 is 2.60 bits per heavy atom. The Balaban J connectivity index is 2.24. The van der Waals surface area contributed by atoms with Crippen molar-refractivity contribution in [2.75, 3.05) is 12.3 Å². The molecule has 0 saturated heterocycles. The highest BCUT2D eigenvalue weighted by Crippen LogP contribution is 2.48. The Labute approximate surface area is 117 Å². The van der Waals surface area contributed by atoms with Crippen molar-refractivity contribution in [2.24, 2.45) is 5.41 Å². The number of hydrogen-bond acceptors (Lipinski definition) is 5. The van der Waals surface area contributed by atoms with Gasteiger partial charge in [0, 0.05) is 18.7 Å². The van der Waals surface area contributed by atoms with E-state index < -0.39 is 14.9 Å². The second-order valence-electron chi connectivity index (χ2n) is 5.16. The molecule has 0 aromatic heterocycles. The van der Waals surface area contributed by atoms with Gasteiger partial charge in [0.05, 0.1) is 10.6 Å². The maximum absolute atomic E-state index is 12.2. The largest absolute Gasteiger partial charge is 0.398 e. The maximum Gasteiger partial charge on any atom is 0.270 e. The van der Waals surface area contributed by atoms with E-state index in [-0.39, 0.29) is 21.7 Å². The molecule has 3 N–H and O–H groups in total. The number of hydrogen-bond donors (Lipinski definition) is 2. The first kappa shape index (κ1) is 14.7. The lowest BCUT2D eigenvalue weighted by Gasteiger charge is -2.14. The summed E-state index contributed by atoms with van der Waals surface area (Å²) in [6.07, 6.45) is 2.90. The van der Waals surface area contributed by atoms with Crippen LogP contribution in [0.25, 0.3) is 0 Å². The zero-order valence-corrected chi connectivity index (χ0v) is 11.9. The molecule has 0 aliphatic heterocycles. The molecule has 0 amide bonds. The highest BCUT2D eigenvalue weighted by atomic mass is 32.2. The fourth-order valence-electron chi connectivity index (χ4n) is 2.03. The summed E-state index contributed by atoms with van der Waals surface area (Å²) >= 11 is 0. The number of nitrogens with one attached hydrogen (secondary N) is 1. The second kappa shape index (κ2) is 5.02. The number of nitrogen functional groups attached to an aromatic ring is 1. The number of benzene rings is 1. The van der Waals surface area contributed by atoms with Crippen LogP contribution in [0.3, 0.4) is 0 Å². The maximum atomic E-state index is 12.2. The number of sulfonamides is 1. The summed E-state index contributed by atoms with van der Waals surface area (Å²) < 4.78 is 26.9. The van der Waals surface area contributed by atoms with Crippen molar-refractivity contribution < 1.29 is 13.3 Å². The van der Waals surface area contributed by atoms with Crippen molar-refractivity contribution in [2.45, 2.75) is 31.1 Å². The van der Waals surface area contributed by atoms with Gasteiger partial charge in [-0.05, 0) is 30.7 Å². The highest BCUT2D eigenvalue weighted by Gasteiger charge is 2.41. The third-order valence-electron chi connectivity index (χ3n) is 3.84. The van der Waals surface area contributed by atoms with Gasteiger partial charge < -0.3 is 5.73 Å². The van der Waals surface area contributed by atoms with E-state index in [1.165, 1.54) is 12.1 Å². The SMILES string of the molecule is CCC1(CNS(=O)(=O)c2cc([N+](=O)[O-])ccc2N)CC1. The van der Waals surface area contributed by atoms with E-state index >= 15 is 0 Å². The van der Waals surface area contributed by atoms with E-state index in [0.717, 1.165) is 25.3 Å². The van der Waals surface area contributed by atoms with Crippen molar-refractivity contribution in [3.8, 4) is 0 Å². The number of nitro groups is 1. The van der Waals surface area contributed by atoms with Crippen molar-refractivity contribution in [1.29, 1.82) is 0 Å². The molecule has 1 aromatic rings. The number of nitro benzene ring substituents is 1. The molecule has 0 radical (unpaired) electrons. The van der Waals surface area contributed by atoms with Crippen LogP contribution >= 0.6 is 0 Å². The van der Waals surface area contributed by atoms with Crippen molar-refractivity contribution in [1.82, 2.24) is 4.72 Å². The number of nitrogens with zero attached hydrogens (tertiary/aromatic N) is 1. The molecule has 0 bridgehead atoms. The van der Waals surface area contributed by atoms with E-state index in [1.54, 1.807) is 0 Å². The third kappa shape index (κ3) is 2.91. The third-order valence-corrected chi connectivity index (χ3v) is 5.30. The predicted molar refractivity (Wildman–Crippen MR) is 74.7 cm³/mol. The van der Waals surface area contributed by atoms with Crippen LogP contribution in [-0.4, -0.2) is 19.9 Å². The minimum absolute atomic E-state index is 0.00412. The molecular weight excluding hydrogens is 282 g/mol. The smallest absolute Gasteiger partial charge is 0.270 e. The fourth-order valence-corrected chi connectivity index (χ4v) is 3.33. The zero-order valence-electron chi connectivity index (χ0n) is 11.1. The minimum atomic E-state index is -3.83. The molecule has 2 rings (SSSR count). The molecule has 1 aromatic carbocycles. The molecule has 1 saturated carbocycles. The molecule has 1 aliphatic rings. The Hall–Kier alpha value is -1.67. The van der Waals surface area contributed by atoms with Crippen molar-refractivity contribution in [3.05, 3.63) is 28.3 Å². The molecule has 0 unspecified atom stereocenters. The number of nitrogens with two attached hydrogens (primary N) is 1. The first-order valence-electron chi connectivity index (χ1n) is 6.33. The first-order chi connectivity index (χ1) is 9.30. The van der Waals surface area contributed by atoms with Crippen LogP contribution in [0, 0.1) is 15.5 Å². The molecule has 8 heteroatoms. The Morgan fingerprint density at radius 1 is 1.45 bits per heavy atom. The van der Waals surface area contributed by atoms with Crippen LogP contribution in [0.5, 0.6) is 0 Å². The average Bonchev–Trinajstić information content (AvgIpc) is 3.17. The van der Waals surface area contributed by atoms with Crippen LogP contribution in [0.15, 0.2) is 23.1 Å². The van der Waals surface area contributed by atoms with Gasteiger partial charge >= 0.3 is 0 Å². The summed E-state index contributed by atoms with van der Waals surface area (Å²) in [7, 11) is -3.83. The highest BCUT2D eigenvalue weighted by molar-refractivity contribution is 7.89. The average molecular weight is 299 g/mol. The molecule has 20 heavy (non-hydrogen) atoms. The molecular formula is C12H17N3O4S. The standard InChI is InChI=1S/C12H17N3O4S/c1-2-12(5-6-12)8-14-20(18,19)11-7-9(15(16)17)3-4-10(11)13/h3-4,7,14H,2,5-6,8,13H2,1H3. The molecule has 7 nitrogen and oxygen atoms in total. The summed E-state index contributed by atoms with van der Waals surface area (Å²) in [4.78, 5) is 9.83. The predicted octanol–water partition coefficient (Wildman–Crippen LogP) is 1.65. The van der Waals surface area contributed by atoms with E-state index in [2.05, 4.69) is 4.72 Å². The lowest BCUT2D eigenvalue weighted by molar-refractivity contribution is -0.385. The van der Waals surface area contributed by atoms with Crippen LogP contribution in [0.4, 0.5) is 11.4 Å². The number of non-ortho nitro benzene ring substituents is 1. The second-order valence-corrected chi connectivity index (χ2v) is 6.89. The van der Waals surface area contributed by atoms with E-state index in [1.807, 2.05) is 6.92 Å². The van der Waals surface area contributed by atoms with Crippen molar-refractivity contribution >= 4 is 21.4 Å². The lowest BCUT2D eigenvalue weighted by Crippen LogP contribution is -2.30. The van der Waals surface area contributed by atoms with E-state index in [4.69, 9.17) is 5.73 Å². The van der Waals surface area contributed by atoms with Gasteiger partial charge in [-0.25, -0.2) is 13.1 Å². The minimum Gasteiger partial charge on any atom is -0.398 e. The molecule has 110 valence electrons. The van der Waals surface area contributed by atoms with Gasteiger partial charge in [-0.3, -0.25) is 10.1 Å². The van der Waals surface area contributed by atoms with Crippen LogP contribution in [-0.2, 0) is 10.0 Å². The van der Waals surface area contributed by atoms with Crippen LogP contribution < -0.4 is 10.5 Å². The van der Waals surface area contributed by atoms with Gasteiger partial charge in [-0.15, -0.1) is 0 Å². The molecule has 1 fully saturated rings. The number of anilines is 1. The fraction of sp³-hybridized carbons (Fsp3) is 0.500. The molecule has 1 aliphatic carbocycles. The molecule has 0 heterocycles. The summed E-state index contributed by atoms with van der Waals surface area (Å²) in [5.74, 6) is 0. The molecule has 0 atom stereocenters. The van der Waals surface area contributed by atoms with E-state index in [9.17, 15) is 18.5 Å².